The van der Waals surface area contributed by atoms with Gasteiger partial charge in [0.25, 0.3) is 0 Å². The van der Waals surface area contributed by atoms with Crippen LogP contribution >= 0.6 is 0 Å². The van der Waals surface area contributed by atoms with E-state index < -0.39 is 10.4 Å². The Morgan fingerprint density at radius 2 is 1.71 bits per heavy atom. The predicted octanol–water partition coefficient (Wildman–Crippen LogP) is 0.630. The first-order valence-electron chi connectivity index (χ1n) is 3.45. The van der Waals surface area contributed by atoms with Crippen LogP contribution < -0.4 is 5.73 Å². The summed E-state index contributed by atoms with van der Waals surface area (Å²) >= 11 is 0. The van der Waals surface area contributed by atoms with Crippen molar-refractivity contribution in [2.24, 2.45) is 0 Å². The van der Waals surface area contributed by atoms with Gasteiger partial charge in [-0.2, -0.15) is 8.42 Å². The van der Waals surface area contributed by atoms with Crippen LogP contribution in [0, 0.1) is 6.92 Å². The molecule has 0 aromatic heterocycles. The molecule has 0 aliphatic carbocycles. The summed E-state index contributed by atoms with van der Waals surface area (Å²) in [4.78, 5) is 0. The van der Waals surface area contributed by atoms with Crippen molar-refractivity contribution in [2.75, 3.05) is 5.73 Å². The van der Waals surface area contributed by atoms with E-state index in [2.05, 4.69) is 0 Å². The van der Waals surface area contributed by atoms with Crippen molar-refractivity contribution in [3.63, 3.8) is 0 Å². The molecule has 0 fully saturated rings. The van der Waals surface area contributed by atoms with Crippen molar-refractivity contribution in [3.05, 3.63) is 23.8 Å². The van der Waals surface area contributed by atoms with Crippen LogP contribution in [0.25, 0.3) is 0 Å². The minimum absolute atomic E-state index is 0.162. The molecular formula is C7H11NO5S. The molecule has 80 valence electrons. The van der Waals surface area contributed by atoms with Gasteiger partial charge in [-0.3, -0.25) is 9.11 Å². The number of anilines is 1. The van der Waals surface area contributed by atoms with Crippen LogP contribution in [0.1, 0.15) is 5.56 Å². The Bertz CT molecular complexity index is 393. The van der Waals surface area contributed by atoms with E-state index in [4.69, 9.17) is 28.4 Å². The number of aryl methyl sites for hydroxylation is 1. The van der Waals surface area contributed by atoms with Crippen LogP contribution in [0.2, 0.25) is 0 Å². The van der Waals surface area contributed by atoms with Crippen LogP contribution in [0.4, 0.5) is 5.69 Å². The molecule has 7 heteroatoms. The second-order valence-electron chi connectivity index (χ2n) is 2.51. The van der Waals surface area contributed by atoms with Crippen molar-refractivity contribution >= 4 is 16.1 Å². The second-order valence-corrected chi connectivity index (χ2v) is 3.41. The molecule has 0 unspecified atom stereocenters. The highest BCUT2D eigenvalue weighted by Gasteiger charge is 1.92. The maximum Gasteiger partial charge on any atom is 0.394 e. The number of benzene rings is 1. The quantitative estimate of drug-likeness (QED) is 0.289. The Morgan fingerprint density at radius 3 is 2.00 bits per heavy atom. The van der Waals surface area contributed by atoms with E-state index in [0.29, 0.717) is 5.69 Å². The maximum absolute atomic E-state index is 8.98. The summed E-state index contributed by atoms with van der Waals surface area (Å²) in [5.74, 6) is 0.162. The maximum atomic E-state index is 8.98. The molecule has 0 bridgehead atoms. The summed E-state index contributed by atoms with van der Waals surface area (Å²) < 4.78 is 31.6. The number of aromatic hydroxyl groups is 1. The molecule has 1 aromatic rings. The zero-order chi connectivity index (χ0) is 11.4. The fourth-order valence-electron chi connectivity index (χ4n) is 0.654. The van der Waals surface area contributed by atoms with Crippen molar-refractivity contribution < 1.29 is 22.6 Å². The number of rotatable bonds is 0. The minimum Gasteiger partial charge on any atom is -0.506 e. The van der Waals surface area contributed by atoms with Crippen LogP contribution in [0.15, 0.2) is 18.2 Å². The van der Waals surface area contributed by atoms with E-state index in [1.165, 1.54) is 0 Å². The first kappa shape index (κ1) is 12.7. The SMILES string of the molecule is Cc1ccc(N)c(O)c1.O=S(=O)(O)O. The highest BCUT2D eigenvalue weighted by Crippen LogP contribution is 2.19. The van der Waals surface area contributed by atoms with E-state index >= 15 is 0 Å². The molecule has 0 amide bonds. The summed E-state index contributed by atoms with van der Waals surface area (Å²) in [5, 5.41) is 8.98. The van der Waals surface area contributed by atoms with Crippen molar-refractivity contribution in [1.82, 2.24) is 0 Å². The average Bonchev–Trinajstić information content (AvgIpc) is 1.94. The van der Waals surface area contributed by atoms with Gasteiger partial charge >= 0.3 is 10.4 Å². The third kappa shape index (κ3) is 7.35. The van der Waals surface area contributed by atoms with Gasteiger partial charge in [-0.25, -0.2) is 0 Å². The Labute approximate surface area is 81.6 Å². The third-order valence-corrected chi connectivity index (χ3v) is 1.19. The Kier molecular flexibility index (Phi) is 4.35. The molecule has 0 spiro atoms. The number of nitrogens with two attached hydrogens (primary N) is 1. The summed E-state index contributed by atoms with van der Waals surface area (Å²) in [6.07, 6.45) is 0. The number of nitrogen functional groups attached to an aromatic ring is 1. The van der Waals surface area contributed by atoms with Gasteiger partial charge in [0.05, 0.1) is 5.69 Å². The lowest BCUT2D eigenvalue weighted by atomic mass is 10.2. The van der Waals surface area contributed by atoms with Crippen LogP contribution in [0.3, 0.4) is 0 Å². The van der Waals surface area contributed by atoms with Gasteiger partial charge < -0.3 is 10.8 Å². The summed E-state index contributed by atoms with van der Waals surface area (Å²) in [6, 6.07) is 5.18. The van der Waals surface area contributed by atoms with Crippen LogP contribution in [-0.2, 0) is 10.4 Å². The Balaban J connectivity index is 0.000000292. The molecule has 0 radical (unpaired) electrons. The molecule has 0 saturated heterocycles. The van der Waals surface area contributed by atoms with Gasteiger partial charge in [0.2, 0.25) is 0 Å². The fourth-order valence-corrected chi connectivity index (χ4v) is 0.654. The molecule has 5 N–H and O–H groups in total. The number of phenols is 1. The first-order valence-corrected chi connectivity index (χ1v) is 4.85. The summed E-state index contributed by atoms with van der Waals surface area (Å²) in [5.41, 5.74) is 6.79. The van der Waals surface area contributed by atoms with Crippen molar-refractivity contribution in [3.8, 4) is 5.75 Å². The van der Waals surface area contributed by atoms with E-state index in [0.717, 1.165) is 5.56 Å². The van der Waals surface area contributed by atoms with E-state index in [1.54, 1.807) is 12.1 Å². The van der Waals surface area contributed by atoms with Crippen LogP contribution in [0.5, 0.6) is 5.75 Å². The standard InChI is InChI=1S/C7H9NO.H2O4S/c1-5-2-3-6(8)7(9)4-5;1-5(2,3)4/h2-4,9H,8H2,1H3;(H2,1,2,3,4). The summed E-state index contributed by atoms with van der Waals surface area (Å²) in [6.45, 7) is 1.90. The zero-order valence-corrected chi connectivity index (χ0v) is 8.19. The molecular weight excluding hydrogens is 210 g/mol. The number of hydrogen-bond acceptors (Lipinski definition) is 4. The predicted molar refractivity (Wildman–Crippen MR) is 51.4 cm³/mol. The van der Waals surface area contributed by atoms with Gasteiger partial charge in [0.15, 0.2) is 0 Å². The molecule has 0 heterocycles. The second kappa shape index (κ2) is 4.80. The highest BCUT2D eigenvalue weighted by atomic mass is 32.3. The average molecular weight is 221 g/mol. The Morgan fingerprint density at radius 1 is 1.29 bits per heavy atom. The van der Waals surface area contributed by atoms with Gasteiger partial charge in [-0.05, 0) is 24.6 Å². The lowest BCUT2D eigenvalue weighted by Crippen LogP contribution is -1.89. The van der Waals surface area contributed by atoms with E-state index in [9.17, 15) is 0 Å². The van der Waals surface area contributed by atoms with Gasteiger partial charge in [-0.1, -0.05) is 6.07 Å². The van der Waals surface area contributed by atoms with Crippen molar-refractivity contribution in [2.45, 2.75) is 6.92 Å². The topological polar surface area (TPSA) is 121 Å². The van der Waals surface area contributed by atoms with Crippen molar-refractivity contribution in [1.29, 1.82) is 0 Å². The molecule has 0 atom stereocenters. The zero-order valence-electron chi connectivity index (χ0n) is 7.38. The smallest absolute Gasteiger partial charge is 0.394 e. The van der Waals surface area contributed by atoms with Gasteiger partial charge in [0, 0.05) is 0 Å². The van der Waals surface area contributed by atoms with Crippen LogP contribution in [-0.4, -0.2) is 22.6 Å². The monoisotopic (exact) mass is 221 g/mol. The third-order valence-electron chi connectivity index (χ3n) is 1.19. The lowest BCUT2D eigenvalue weighted by molar-refractivity contribution is 0.381. The molecule has 1 rings (SSSR count). The minimum atomic E-state index is -4.67. The number of hydrogen-bond donors (Lipinski definition) is 4. The molecule has 0 aliphatic rings. The number of phenolic OH excluding ortho intramolecular Hbond substituents is 1. The normalized spacial score (nSPS) is 10.2. The summed E-state index contributed by atoms with van der Waals surface area (Å²) in [7, 11) is -4.67. The Hall–Kier alpha value is -1.31. The molecule has 0 saturated carbocycles. The van der Waals surface area contributed by atoms with E-state index in [-0.39, 0.29) is 5.75 Å². The van der Waals surface area contributed by atoms with Gasteiger partial charge in [-0.15, -0.1) is 0 Å². The molecule has 0 aliphatic heterocycles. The molecule has 6 nitrogen and oxygen atoms in total. The largest absolute Gasteiger partial charge is 0.506 e. The van der Waals surface area contributed by atoms with Gasteiger partial charge in [0.1, 0.15) is 5.75 Å². The highest BCUT2D eigenvalue weighted by molar-refractivity contribution is 7.79. The lowest BCUT2D eigenvalue weighted by Gasteiger charge is -1.97. The molecule has 14 heavy (non-hydrogen) atoms. The first-order chi connectivity index (χ1) is 6.20. The fraction of sp³-hybridized carbons (Fsp3) is 0.143. The van der Waals surface area contributed by atoms with E-state index in [1.807, 2.05) is 13.0 Å². The molecule has 1 aromatic carbocycles.